The van der Waals surface area contributed by atoms with Crippen LogP contribution in [-0.4, -0.2) is 51.7 Å². The van der Waals surface area contributed by atoms with Crippen molar-refractivity contribution in [3.63, 3.8) is 0 Å². The highest BCUT2D eigenvalue weighted by Crippen LogP contribution is 2.48. The molecule has 1 amide bonds. The summed E-state index contributed by atoms with van der Waals surface area (Å²) in [6.45, 7) is 9.78. The third kappa shape index (κ3) is 7.91. The van der Waals surface area contributed by atoms with E-state index in [1.807, 2.05) is 12.1 Å². The lowest BCUT2D eigenvalue weighted by atomic mass is 9.71. The number of benzene rings is 2. The van der Waals surface area contributed by atoms with Crippen LogP contribution in [0.4, 0.5) is 4.79 Å². The van der Waals surface area contributed by atoms with Crippen LogP contribution in [0, 0.1) is 11.3 Å². The van der Waals surface area contributed by atoms with E-state index in [1.165, 1.54) is 11.1 Å². The Labute approximate surface area is 250 Å². The van der Waals surface area contributed by atoms with Gasteiger partial charge in [0.15, 0.2) is 0 Å². The number of rotatable bonds is 9. The molecule has 8 heteroatoms. The van der Waals surface area contributed by atoms with Gasteiger partial charge in [-0.15, -0.1) is 0 Å². The Hall–Kier alpha value is -2.49. The minimum absolute atomic E-state index is 0.0878. The molecule has 0 atom stereocenters. The summed E-state index contributed by atoms with van der Waals surface area (Å²) in [7, 11) is 0. The number of carboxylic acid groups (broad SMARTS) is 1. The van der Waals surface area contributed by atoms with Gasteiger partial charge in [-0.3, -0.25) is 4.90 Å². The molecule has 1 N–H and O–H groups in total. The molecular formula is C34H48N2O6. The first-order valence-corrected chi connectivity index (χ1v) is 15.7. The molecule has 1 aliphatic heterocycles. The van der Waals surface area contributed by atoms with Gasteiger partial charge in [-0.1, -0.05) is 81.4 Å². The molecule has 0 unspecified atom stereocenters. The second-order valence-electron chi connectivity index (χ2n) is 13.5. The Morgan fingerprint density at radius 3 is 1.64 bits per heavy atom. The van der Waals surface area contributed by atoms with Crippen LogP contribution in [0.3, 0.4) is 0 Å². The van der Waals surface area contributed by atoms with Crippen LogP contribution in [-0.2, 0) is 32.6 Å². The van der Waals surface area contributed by atoms with E-state index in [0.29, 0.717) is 38.1 Å². The zero-order chi connectivity index (χ0) is 29.6. The van der Waals surface area contributed by atoms with Crippen LogP contribution in [0.15, 0.2) is 60.7 Å². The standard InChI is InChI=1S/C34H48N2O6/c1-32(2,3)29-15-19-33(20-16-29)39-41-34(42-40-33)21-17-30(18-22-34)36(31(37)38)24-10-23-35(25-27-11-6-4-7-12-27)26-28-13-8-5-9-14-28/h4-9,11-14,29-30H,10,15-26H2,1-3H3,(H,37,38). The van der Waals surface area contributed by atoms with Crippen LogP contribution in [0.1, 0.15) is 89.7 Å². The molecule has 2 saturated carbocycles. The maximum absolute atomic E-state index is 12.3. The topological polar surface area (TPSA) is 80.7 Å². The predicted octanol–water partition coefficient (Wildman–Crippen LogP) is 7.54. The van der Waals surface area contributed by atoms with E-state index < -0.39 is 17.7 Å². The first-order chi connectivity index (χ1) is 20.2. The van der Waals surface area contributed by atoms with E-state index in [9.17, 15) is 9.90 Å². The lowest BCUT2D eigenvalue weighted by Gasteiger charge is -2.49. The minimum atomic E-state index is -0.963. The lowest BCUT2D eigenvalue weighted by molar-refractivity contribution is -0.663. The number of amides is 1. The van der Waals surface area contributed by atoms with Crippen molar-refractivity contribution in [1.29, 1.82) is 0 Å². The molecule has 5 rings (SSSR count). The monoisotopic (exact) mass is 580 g/mol. The molecule has 3 aliphatic rings. The first-order valence-electron chi connectivity index (χ1n) is 15.7. The second-order valence-corrected chi connectivity index (χ2v) is 13.5. The van der Waals surface area contributed by atoms with Crippen LogP contribution in [0.5, 0.6) is 0 Å². The fourth-order valence-electron chi connectivity index (χ4n) is 6.74. The number of nitrogens with zero attached hydrogens (tertiary/aromatic N) is 2. The summed E-state index contributed by atoms with van der Waals surface area (Å²) < 4.78 is 0. The van der Waals surface area contributed by atoms with Gasteiger partial charge in [0.05, 0.1) is 0 Å². The zero-order valence-corrected chi connectivity index (χ0v) is 25.5. The molecule has 230 valence electrons. The molecule has 2 spiro atoms. The maximum Gasteiger partial charge on any atom is 0.407 e. The van der Waals surface area contributed by atoms with Crippen molar-refractivity contribution in [2.24, 2.45) is 11.3 Å². The van der Waals surface area contributed by atoms with Gasteiger partial charge in [-0.2, -0.15) is 19.6 Å². The molecule has 2 aromatic rings. The summed E-state index contributed by atoms with van der Waals surface area (Å²) in [5.74, 6) is -1.18. The van der Waals surface area contributed by atoms with Crippen molar-refractivity contribution < 1.29 is 29.5 Å². The van der Waals surface area contributed by atoms with E-state index in [1.54, 1.807) is 4.90 Å². The summed E-state index contributed by atoms with van der Waals surface area (Å²) in [6, 6.07) is 20.8. The van der Waals surface area contributed by atoms with Crippen molar-refractivity contribution in [3.8, 4) is 0 Å². The maximum atomic E-state index is 12.3. The van der Waals surface area contributed by atoms with Crippen molar-refractivity contribution in [2.45, 2.75) is 109 Å². The number of hydrogen-bond donors (Lipinski definition) is 1. The molecule has 0 bridgehead atoms. The van der Waals surface area contributed by atoms with Crippen molar-refractivity contribution in [2.75, 3.05) is 13.1 Å². The van der Waals surface area contributed by atoms with Gasteiger partial charge < -0.3 is 10.0 Å². The minimum Gasteiger partial charge on any atom is -0.465 e. The third-order valence-electron chi connectivity index (χ3n) is 9.44. The largest absolute Gasteiger partial charge is 0.465 e. The van der Waals surface area contributed by atoms with Crippen molar-refractivity contribution >= 4 is 6.09 Å². The summed E-state index contributed by atoms with van der Waals surface area (Å²) in [5.41, 5.74) is 2.76. The highest BCUT2D eigenvalue weighted by Gasteiger charge is 2.52. The Kier molecular flexibility index (Phi) is 9.90. The fourth-order valence-corrected chi connectivity index (χ4v) is 6.74. The molecule has 3 fully saturated rings. The molecule has 1 saturated heterocycles. The van der Waals surface area contributed by atoms with Crippen molar-refractivity contribution in [1.82, 2.24) is 9.80 Å². The number of carbonyl (C=O) groups is 1. The Bertz CT molecular complexity index is 1070. The average Bonchev–Trinajstić information content (AvgIpc) is 2.98. The molecule has 1 heterocycles. The average molecular weight is 581 g/mol. The molecule has 0 aromatic heterocycles. The normalized spacial score (nSPS) is 28.3. The molecular weight excluding hydrogens is 532 g/mol. The summed E-state index contributed by atoms with van der Waals surface area (Å²) in [4.78, 5) is 40.0. The summed E-state index contributed by atoms with van der Waals surface area (Å²) in [5, 5.41) is 10.1. The fraction of sp³-hybridized carbons (Fsp3) is 0.618. The Morgan fingerprint density at radius 1 is 0.762 bits per heavy atom. The lowest BCUT2D eigenvalue weighted by Crippen LogP contribution is -2.55. The molecule has 42 heavy (non-hydrogen) atoms. The first kappa shape index (κ1) is 31.0. The molecule has 0 radical (unpaired) electrons. The SMILES string of the molecule is CC(C)(C)C1CCC2(CC1)OOC1(CCC(N(CCCN(Cc3ccccc3)Cc3ccccc3)C(=O)O)CC1)OO2. The Balaban J connectivity index is 1.11. The van der Waals surface area contributed by atoms with E-state index in [0.717, 1.165) is 51.7 Å². The highest BCUT2D eigenvalue weighted by molar-refractivity contribution is 5.65. The van der Waals surface area contributed by atoms with E-state index in [2.05, 4.69) is 74.2 Å². The van der Waals surface area contributed by atoms with Crippen LogP contribution >= 0.6 is 0 Å². The number of hydrogen-bond acceptors (Lipinski definition) is 6. The van der Waals surface area contributed by atoms with Crippen molar-refractivity contribution in [3.05, 3.63) is 71.8 Å². The smallest absolute Gasteiger partial charge is 0.407 e. The van der Waals surface area contributed by atoms with Gasteiger partial charge in [-0.05, 0) is 54.6 Å². The van der Waals surface area contributed by atoms with E-state index in [4.69, 9.17) is 19.6 Å². The zero-order valence-electron chi connectivity index (χ0n) is 25.5. The van der Waals surface area contributed by atoms with Gasteiger partial charge in [0.25, 0.3) is 0 Å². The Morgan fingerprint density at radius 2 is 1.21 bits per heavy atom. The highest BCUT2D eigenvalue weighted by atomic mass is 17.4. The quantitative estimate of drug-likeness (QED) is 0.307. The summed E-state index contributed by atoms with van der Waals surface area (Å²) >= 11 is 0. The summed E-state index contributed by atoms with van der Waals surface area (Å²) in [6.07, 6.45) is 5.70. The van der Waals surface area contributed by atoms with Crippen LogP contribution in [0.25, 0.3) is 0 Å². The van der Waals surface area contributed by atoms with Gasteiger partial charge in [0, 0.05) is 57.9 Å². The van der Waals surface area contributed by atoms with Gasteiger partial charge in [0.1, 0.15) is 0 Å². The van der Waals surface area contributed by atoms with Gasteiger partial charge >= 0.3 is 6.09 Å². The van der Waals surface area contributed by atoms with E-state index in [-0.39, 0.29) is 11.5 Å². The third-order valence-corrected chi connectivity index (χ3v) is 9.44. The molecule has 2 aliphatic carbocycles. The molecule has 2 aromatic carbocycles. The van der Waals surface area contributed by atoms with Gasteiger partial charge in [0.2, 0.25) is 11.6 Å². The van der Waals surface area contributed by atoms with Gasteiger partial charge in [-0.25, -0.2) is 4.79 Å². The van der Waals surface area contributed by atoms with Crippen LogP contribution < -0.4 is 0 Å². The van der Waals surface area contributed by atoms with E-state index >= 15 is 0 Å². The van der Waals surface area contributed by atoms with Crippen LogP contribution in [0.2, 0.25) is 0 Å². The molecule has 8 nitrogen and oxygen atoms in total. The second kappa shape index (κ2) is 13.4. The predicted molar refractivity (Wildman–Crippen MR) is 160 cm³/mol.